The van der Waals surface area contributed by atoms with Crippen molar-refractivity contribution >= 4 is 38.9 Å². The van der Waals surface area contributed by atoms with E-state index in [1.807, 2.05) is 30.5 Å². The van der Waals surface area contributed by atoms with Crippen molar-refractivity contribution in [3.63, 3.8) is 0 Å². The van der Waals surface area contributed by atoms with Gasteiger partial charge in [-0.15, -0.1) is 0 Å². The van der Waals surface area contributed by atoms with Gasteiger partial charge in [-0.3, -0.25) is 4.57 Å². The van der Waals surface area contributed by atoms with Gasteiger partial charge in [-0.05, 0) is 65.6 Å². The minimum atomic E-state index is 0.0865. The lowest BCUT2D eigenvalue weighted by Gasteiger charge is -2.23. The van der Waals surface area contributed by atoms with Crippen molar-refractivity contribution < 1.29 is 4.74 Å². The summed E-state index contributed by atoms with van der Waals surface area (Å²) in [5.41, 5.74) is 7.19. The molecule has 0 saturated heterocycles. The summed E-state index contributed by atoms with van der Waals surface area (Å²) in [7, 11) is 2.14. The molecule has 0 aliphatic carbocycles. The molecule has 4 aromatic carbocycles. The molecule has 0 saturated carbocycles. The van der Waals surface area contributed by atoms with Crippen LogP contribution in [0.2, 0.25) is 0 Å². The molecule has 3 heterocycles. The molecule has 0 fully saturated rings. The van der Waals surface area contributed by atoms with Gasteiger partial charge in [0.1, 0.15) is 17.3 Å². The maximum absolute atomic E-state index is 6.49. The second-order valence-electron chi connectivity index (χ2n) is 11.5. The summed E-state index contributed by atoms with van der Waals surface area (Å²) in [5.74, 6) is 2.48. The molecule has 0 N–H and O–H groups in total. The first-order valence-corrected chi connectivity index (χ1v) is 13.7. The largest absolute Gasteiger partial charge is 0.457 e. The van der Waals surface area contributed by atoms with Crippen LogP contribution in [0.3, 0.4) is 0 Å². The van der Waals surface area contributed by atoms with Crippen LogP contribution in [0.4, 0.5) is 17.1 Å². The smallest absolute Gasteiger partial charge is 0.137 e. The third-order valence-corrected chi connectivity index (χ3v) is 7.79. The number of para-hydroxylation sites is 1. The Labute approximate surface area is 234 Å². The van der Waals surface area contributed by atoms with E-state index in [2.05, 4.69) is 126 Å². The molecule has 6 aromatic rings. The standard InChI is InChI=1S/C35H32N4O/c1-35(2,3)24-15-18-31-33(20-24)38(23-37(31)4)25-10-9-11-26(21-25)40-27-16-17-29-28-12-5-6-13-30(28)39(32(29)22-27)34-14-7-8-19-36-34/h5-22H,23H2,1-4H3. The molecular formula is C35H32N4O. The predicted octanol–water partition coefficient (Wildman–Crippen LogP) is 8.81. The highest BCUT2D eigenvalue weighted by molar-refractivity contribution is 6.09. The van der Waals surface area contributed by atoms with E-state index >= 15 is 0 Å². The van der Waals surface area contributed by atoms with Crippen LogP contribution in [0.5, 0.6) is 11.5 Å². The second kappa shape index (κ2) is 9.16. The molecule has 40 heavy (non-hydrogen) atoms. The Bertz CT molecular complexity index is 1870. The maximum atomic E-state index is 6.49. The number of nitrogens with zero attached hydrogens (tertiary/aromatic N) is 4. The number of aromatic nitrogens is 2. The van der Waals surface area contributed by atoms with Crippen LogP contribution in [0, 0.1) is 0 Å². The third kappa shape index (κ3) is 4.06. The Morgan fingerprint density at radius 2 is 1.50 bits per heavy atom. The molecule has 0 atom stereocenters. The molecule has 1 aliphatic heterocycles. The van der Waals surface area contributed by atoms with Gasteiger partial charge in [-0.2, -0.15) is 0 Å². The highest BCUT2D eigenvalue weighted by Gasteiger charge is 2.27. The van der Waals surface area contributed by atoms with Gasteiger partial charge in [0.2, 0.25) is 0 Å². The van der Waals surface area contributed by atoms with Gasteiger partial charge >= 0.3 is 0 Å². The zero-order valence-electron chi connectivity index (χ0n) is 23.3. The van der Waals surface area contributed by atoms with E-state index in [-0.39, 0.29) is 5.41 Å². The summed E-state index contributed by atoms with van der Waals surface area (Å²) in [6, 6.07) is 36.0. The van der Waals surface area contributed by atoms with Gasteiger partial charge in [-0.25, -0.2) is 4.98 Å². The van der Waals surface area contributed by atoms with E-state index in [1.54, 1.807) is 0 Å². The average molecular weight is 525 g/mol. The highest BCUT2D eigenvalue weighted by Crippen LogP contribution is 2.43. The summed E-state index contributed by atoms with van der Waals surface area (Å²) >= 11 is 0. The van der Waals surface area contributed by atoms with E-state index in [0.717, 1.165) is 40.7 Å². The van der Waals surface area contributed by atoms with Gasteiger partial charge in [0, 0.05) is 41.8 Å². The number of anilines is 3. The molecule has 0 amide bonds. The summed E-state index contributed by atoms with van der Waals surface area (Å²) in [5, 5.41) is 2.37. The molecule has 0 radical (unpaired) electrons. The highest BCUT2D eigenvalue weighted by atomic mass is 16.5. The third-order valence-electron chi connectivity index (χ3n) is 7.79. The fraction of sp³-hybridized carbons (Fsp3) is 0.171. The van der Waals surface area contributed by atoms with E-state index in [0.29, 0.717) is 0 Å². The number of hydrogen-bond acceptors (Lipinski definition) is 4. The van der Waals surface area contributed by atoms with Gasteiger partial charge in [-0.1, -0.05) is 57.2 Å². The van der Waals surface area contributed by atoms with Gasteiger partial charge in [0.25, 0.3) is 0 Å². The van der Waals surface area contributed by atoms with Gasteiger partial charge in [0.05, 0.1) is 29.1 Å². The number of hydrogen-bond donors (Lipinski definition) is 0. The van der Waals surface area contributed by atoms with Crippen LogP contribution in [-0.4, -0.2) is 23.3 Å². The first-order chi connectivity index (χ1) is 19.4. The zero-order valence-corrected chi connectivity index (χ0v) is 23.3. The second-order valence-corrected chi connectivity index (χ2v) is 11.5. The summed E-state index contributed by atoms with van der Waals surface area (Å²) < 4.78 is 8.70. The van der Waals surface area contributed by atoms with Crippen LogP contribution in [0.15, 0.2) is 109 Å². The maximum Gasteiger partial charge on any atom is 0.137 e. The van der Waals surface area contributed by atoms with Crippen LogP contribution >= 0.6 is 0 Å². The summed E-state index contributed by atoms with van der Waals surface area (Å²) in [6.45, 7) is 7.57. The molecule has 7 rings (SSSR count). The molecule has 198 valence electrons. The molecular weight excluding hydrogens is 492 g/mol. The van der Waals surface area contributed by atoms with Crippen molar-refractivity contribution in [3.05, 3.63) is 115 Å². The molecule has 0 spiro atoms. The van der Waals surface area contributed by atoms with Crippen LogP contribution in [-0.2, 0) is 5.41 Å². The van der Waals surface area contributed by atoms with Gasteiger partial charge in [0.15, 0.2) is 0 Å². The van der Waals surface area contributed by atoms with E-state index in [9.17, 15) is 0 Å². The number of benzene rings is 4. The molecule has 5 nitrogen and oxygen atoms in total. The lowest BCUT2D eigenvalue weighted by Crippen LogP contribution is -2.23. The fourth-order valence-corrected chi connectivity index (χ4v) is 5.71. The van der Waals surface area contributed by atoms with Crippen molar-refractivity contribution in [1.29, 1.82) is 0 Å². The number of ether oxygens (including phenoxy) is 1. The number of fused-ring (bicyclic) bond motifs is 4. The van der Waals surface area contributed by atoms with Crippen molar-refractivity contribution in [1.82, 2.24) is 9.55 Å². The Balaban J connectivity index is 1.26. The van der Waals surface area contributed by atoms with E-state index in [1.165, 1.54) is 27.7 Å². The molecule has 5 heteroatoms. The minimum absolute atomic E-state index is 0.0865. The van der Waals surface area contributed by atoms with Crippen molar-refractivity contribution in [3.8, 4) is 17.3 Å². The van der Waals surface area contributed by atoms with E-state index in [4.69, 9.17) is 4.74 Å². The fourth-order valence-electron chi connectivity index (χ4n) is 5.71. The topological polar surface area (TPSA) is 33.5 Å². The molecule has 1 aliphatic rings. The number of rotatable bonds is 4. The lowest BCUT2D eigenvalue weighted by molar-refractivity contribution is 0.483. The SMILES string of the molecule is CN1CN(c2cccc(Oc3ccc4c5ccccc5n(-c5ccccn5)c4c3)c2)c2cc(C(C)(C)C)ccc21. The van der Waals surface area contributed by atoms with Crippen molar-refractivity contribution in [2.45, 2.75) is 26.2 Å². The molecule has 2 aromatic heterocycles. The summed E-state index contributed by atoms with van der Waals surface area (Å²) in [4.78, 5) is 9.30. The lowest BCUT2D eigenvalue weighted by atomic mass is 9.86. The Kier molecular flexibility index (Phi) is 5.56. The Morgan fingerprint density at radius 1 is 0.700 bits per heavy atom. The number of pyridine rings is 1. The first-order valence-electron chi connectivity index (χ1n) is 13.7. The molecule has 0 bridgehead atoms. The molecule has 0 unspecified atom stereocenters. The monoisotopic (exact) mass is 524 g/mol. The van der Waals surface area contributed by atoms with Crippen molar-refractivity contribution in [2.24, 2.45) is 0 Å². The van der Waals surface area contributed by atoms with E-state index < -0.39 is 0 Å². The quantitative estimate of drug-likeness (QED) is 0.231. The Morgan fingerprint density at radius 3 is 2.33 bits per heavy atom. The predicted molar refractivity (Wildman–Crippen MR) is 166 cm³/mol. The zero-order chi connectivity index (χ0) is 27.4. The first kappa shape index (κ1) is 24.3. The van der Waals surface area contributed by atoms with Crippen LogP contribution in [0.25, 0.3) is 27.6 Å². The summed E-state index contributed by atoms with van der Waals surface area (Å²) in [6.07, 6.45) is 1.83. The normalized spacial score (nSPS) is 13.3. The van der Waals surface area contributed by atoms with Crippen LogP contribution in [0.1, 0.15) is 26.3 Å². The van der Waals surface area contributed by atoms with Crippen molar-refractivity contribution in [2.75, 3.05) is 23.5 Å². The van der Waals surface area contributed by atoms with Crippen LogP contribution < -0.4 is 14.5 Å². The average Bonchev–Trinajstić information content (AvgIpc) is 3.47. The van der Waals surface area contributed by atoms with Gasteiger partial charge < -0.3 is 14.5 Å². The minimum Gasteiger partial charge on any atom is -0.457 e. The Hall–Kier alpha value is -4.77.